The third-order valence-electron chi connectivity index (χ3n) is 4.17. The maximum Gasteiger partial charge on any atom is 0.416 e. The highest BCUT2D eigenvalue weighted by atomic mass is 35.5. The second-order valence-corrected chi connectivity index (χ2v) is 8.61. The van der Waals surface area contributed by atoms with Crippen molar-refractivity contribution in [3.05, 3.63) is 76.1 Å². The van der Waals surface area contributed by atoms with Crippen LogP contribution in [0.5, 0.6) is 0 Å². The molecule has 0 unspecified atom stereocenters. The first kappa shape index (κ1) is 22.1. The van der Waals surface area contributed by atoms with Gasteiger partial charge in [0.15, 0.2) is 5.16 Å². The molecule has 3 aromatic rings. The zero-order valence-corrected chi connectivity index (χ0v) is 18.0. The maximum atomic E-state index is 12.7. The minimum atomic E-state index is -4.31. The molecule has 1 heterocycles. The van der Waals surface area contributed by atoms with Crippen molar-refractivity contribution in [3.63, 3.8) is 0 Å². The Morgan fingerprint density at radius 1 is 0.897 bits per heavy atom. The van der Waals surface area contributed by atoms with E-state index in [1.807, 2.05) is 35.8 Å². The number of thioether (sulfide) groups is 2. The average molecular weight is 458 g/mol. The number of benzene rings is 2. The van der Waals surface area contributed by atoms with Crippen LogP contribution in [-0.4, -0.2) is 14.8 Å². The fourth-order valence-corrected chi connectivity index (χ4v) is 4.66. The molecule has 29 heavy (non-hydrogen) atoms. The molecule has 2 aromatic carbocycles. The second-order valence-electron chi connectivity index (χ2n) is 6.25. The summed E-state index contributed by atoms with van der Waals surface area (Å²) in [4.78, 5) is 0. The lowest BCUT2D eigenvalue weighted by Gasteiger charge is -2.09. The van der Waals surface area contributed by atoms with Crippen LogP contribution in [0.25, 0.3) is 0 Å². The van der Waals surface area contributed by atoms with Gasteiger partial charge in [-0.25, -0.2) is 0 Å². The number of hydrogen-bond acceptors (Lipinski definition) is 4. The number of halogens is 4. The number of alkyl halides is 3. The van der Waals surface area contributed by atoms with E-state index < -0.39 is 11.7 Å². The zero-order valence-electron chi connectivity index (χ0n) is 15.6. The van der Waals surface area contributed by atoms with Crippen LogP contribution in [0.2, 0.25) is 5.02 Å². The van der Waals surface area contributed by atoms with E-state index in [-0.39, 0.29) is 0 Å². The third-order valence-corrected chi connectivity index (χ3v) is 6.46. The Labute approximate surface area is 181 Å². The summed E-state index contributed by atoms with van der Waals surface area (Å²) in [5.74, 6) is 3.00. The van der Waals surface area contributed by atoms with Crippen molar-refractivity contribution in [2.45, 2.75) is 42.1 Å². The van der Waals surface area contributed by atoms with E-state index in [1.165, 1.54) is 29.5 Å². The molecule has 154 valence electrons. The van der Waals surface area contributed by atoms with Gasteiger partial charge in [-0.15, -0.1) is 22.0 Å². The molecule has 3 rings (SSSR count). The molecule has 0 aliphatic rings. The molecule has 3 nitrogen and oxygen atoms in total. The molecule has 0 atom stereocenters. The van der Waals surface area contributed by atoms with Crippen molar-refractivity contribution in [2.75, 3.05) is 0 Å². The Bertz CT molecular complexity index is 926. The number of nitrogens with zero attached hydrogens (tertiary/aromatic N) is 3. The standard InChI is InChI=1S/C20H19ClF3N3S2/c1-2-27-18(13-28-11-14-5-9-17(21)10-6-14)25-26-19(27)29-12-15-3-7-16(8-4-15)20(22,23)24/h3-10H,2,11-13H2,1H3. The van der Waals surface area contributed by atoms with E-state index in [0.717, 1.165) is 51.8 Å². The molecule has 0 amide bonds. The van der Waals surface area contributed by atoms with Gasteiger partial charge in [0, 0.05) is 23.1 Å². The number of hydrogen-bond donors (Lipinski definition) is 0. The van der Waals surface area contributed by atoms with Gasteiger partial charge in [0.2, 0.25) is 0 Å². The third kappa shape index (κ3) is 6.17. The normalized spacial score (nSPS) is 11.8. The van der Waals surface area contributed by atoms with E-state index in [9.17, 15) is 13.2 Å². The quantitative estimate of drug-likeness (QED) is 0.352. The Morgan fingerprint density at radius 2 is 1.52 bits per heavy atom. The lowest BCUT2D eigenvalue weighted by molar-refractivity contribution is -0.137. The van der Waals surface area contributed by atoms with Crippen LogP contribution in [0.4, 0.5) is 13.2 Å². The molecule has 0 saturated carbocycles. The largest absolute Gasteiger partial charge is 0.416 e. The van der Waals surface area contributed by atoms with Crippen molar-refractivity contribution in [1.82, 2.24) is 14.8 Å². The molecule has 0 aliphatic carbocycles. The lowest BCUT2D eigenvalue weighted by Crippen LogP contribution is -2.04. The summed E-state index contributed by atoms with van der Waals surface area (Å²) >= 11 is 9.12. The van der Waals surface area contributed by atoms with Gasteiger partial charge >= 0.3 is 6.18 Å². The smallest absolute Gasteiger partial charge is 0.306 e. The first-order chi connectivity index (χ1) is 13.9. The molecule has 0 radical (unpaired) electrons. The molecule has 0 saturated heterocycles. The maximum absolute atomic E-state index is 12.7. The van der Waals surface area contributed by atoms with Gasteiger partial charge in [0.25, 0.3) is 0 Å². The summed E-state index contributed by atoms with van der Waals surface area (Å²) in [5, 5.41) is 10.0. The van der Waals surface area contributed by atoms with Crippen molar-refractivity contribution >= 4 is 35.1 Å². The van der Waals surface area contributed by atoms with E-state index in [4.69, 9.17) is 11.6 Å². The molecular weight excluding hydrogens is 439 g/mol. The van der Waals surface area contributed by atoms with E-state index in [0.29, 0.717) is 5.75 Å². The highest BCUT2D eigenvalue weighted by molar-refractivity contribution is 7.98. The second kappa shape index (κ2) is 9.91. The van der Waals surface area contributed by atoms with E-state index in [2.05, 4.69) is 10.2 Å². The number of aromatic nitrogens is 3. The Hall–Kier alpha value is -1.64. The predicted molar refractivity (Wildman–Crippen MR) is 113 cm³/mol. The van der Waals surface area contributed by atoms with Crippen molar-refractivity contribution in [3.8, 4) is 0 Å². The fourth-order valence-electron chi connectivity index (χ4n) is 2.63. The first-order valence-electron chi connectivity index (χ1n) is 8.90. The highest BCUT2D eigenvalue weighted by Gasteiger charge is 2.29. The molecule has 0 spiro atoms. The van der Waals surface area contributed by atoms with Gasteiger partial charge in [-0.3, -0.25) is 0 Å². The monoisotopic (exact) mass is 457 g/mol. The first-order valence-corrected chi connectivity index (χ1v) is 11.4. The lowest BCUT2D eigenvalue weighted by atomic mass is 10.1. The SMILES string of the molecule is CCn1c(CSCc2ccc(Cl)cc2)nnc1SCc1ccc(C(F)(F)F)cc1. The van der Waals surface area contributed by atoms with Crippen molar-refractivity contribution < 1.29 is 13.2 Å². The molecule has 0 bridgehead atoms. The molecule has 1 aromatic heterocycles. The van der Waals surface area contributed by atoms with Gasteiger partial charge in [-0.2, -0.15) is 13.2 Å². The fraction of sp³-hybridized carbons (Fsp3) is 0.300. The van der Waals surface area contributed by atoms with Crippen LogP contribution < -0.4 is 0 Å². The summed E-state index contributed by atoms with van der Waals surface area (Å²) in [5.41, 5.74) is 1.37. The van der Waals surface area contributed by atoms with Crippen LogP contribution >= 0.6 is 35.1 Å². The van der Waals surface area contributed by atoms with Crippen molar-refractivity contribution in [2.24, 2.45) is 0 Å². The highest BCUT2D eigenvalue weighted by Crippen LogP contribution is 2.30. The van der Waals surface area contributed by atoms with E-state index >= 15 is 0 Å². The molecule has 0 fully saturated rings. The van der Waals surface area contributed by atoms with Crippen LogP contribution in [0.1, 0.15) is 29.4 Å². The Kier molecular flexibility index (Phi) is 7.54. The van der Waals surface area contributed by atoms with Crippen LogP contribution in [-0.2, 0) is 30.0 Å². The van der Waals surface area contributed by atoms with Gasteiger partial charge in [0.05, 0.1) is 11.3 Å². The Balaban J connectivity index is 1.56. The number of rotatable bonds is 8. The van der Waals surface area contributed by atoms with Gasteiger partial charge in [-0.05, 0) is 42.3 Å². The Morgan fingerprint density at radius 3 is 2.14 bits per heavy atom. The average Bonchev–Trinajstić information content (AvgIpc) is 3.09. The summed E-state index contributed by atoms with van der Waals surface area (Å²) in [6.07, 6.45) is -4.31. The summed E-state index contributed by atoms with van der Waals surface area (Å²) in [7, 11) is 0. The summed E-state index contributed by atoms with van der Waals surface area (Å²) < 4.78 is 40.0. The van der Waals surface area contributed by atoms with Crippen molar-refractivity contribution in [1.29, 1.82) is 0 Å². The minimum Gasteiger partial charge on any atom is -0.306 e. The predicted octanol–water partition coefficient (Wildman–Crippen LogP) is 6.70. The molecule has 0 N–H and O–H groups in total. The van der Waals surface area contributed by atoms with E-state index in [1.54, 1.807) is 11.8 Å². The molecular formula is C20H19ClF3N3S2. The van der Waals surface area contributed by atoms with Gasteiger partial charge in [-0.1, -0.05) is 47.6 Å². The minimum absolute atomic E-state index is 0.536. The molecule has 9 heteroatoms. The zero-order chi connectivity index (χ0) is 20.9. The molecule has 0 aliphatic heterocycles. The van der Waals surface area contributed by atoms with Gasteiger partial charge in [0.1, 0.15) is 5.82 Å². The topological polar surface area (TPSA) is 30.7 Å². The summed E-state index contributed by atoms with van der Waals surface area (Å²) in [6, 6.07) is 13.0. The van der Waals surface area contributed by atoms with Crippen LogP contribution in [0.15, 0.2) is 53.7 Å². The summed E-state index contributed by atoms with van der Waals surface area (Å²) in [6.45, 7) is 2.76. The van der Waals surface area contributed by atoms with Gasteiger partial charge < -0.3 is 4.57 Å². The van der Waals surface area contributed by atoms with Crippen LogP contribution in [0, 0.1) is 0 Å². The van der Waals surface area contributed by atoms with Crippen LogP contribution in [0.3, 0.4) is 0 Å².